The predicted molar refractivity (Wildman–Crippen MR) is 110 cm³/mol. The molecule has 0 bridgehead atoms. The van der Waals surface area contributed by atoms with Crippen LogP contribution in [0.4, 0.5) is 11.4 Å². The Morgan fingerprint density at radius 2 is 1.89 bits per heavy atom. The molecule has 2 atom stereocenters. The summed E-state index contributed by atoms with van der Waals surface area (Å²) < 4.78 is 23.5. The third-order valence-corrected chi connectivity index (χ3v) is 7.37. The molecule has 0 spiro atoms. The number of benzene rings is 1. The van der Waals surface area contributed by atoms with E-state index in [1.165, 1.54) is 24.9 Å². The molecule has 1 aromatic carbocycles. The molecule has 2 saturated heterocycles. The van der Waals surface area contributed by atoms with E-state index in [4.69, 9.17) is 0 Å². The first kappa shape index (κ1) is 20.0. The van der Waals surface area contributed by atoms with Crippen molar-refractivity contribution in [2.45, 2.75) is 51.6 Å². The van der Waals surface area contributed by atoms with Gasteiger partial charge >= 0.3 is 0 Å². The molecule has 2 unspecified atom stereocenters. The fourth-order valence-corrected chi connectivity index (χ4v) is 5.83. The second-order valence-electron chi connectivity index (χ2n) is 7.64. The molecule has 3 rings (SSSR count). The van der Waals surface area contributed by atoms with Crippen LogP contribution in [0.3, 0.4) is 0 Å². The number of nitrogens with one attached hydrogen (secondary N) is 1. The van der Waals surface area contributed by atoms with Gasteiger partial charge in [0.05, 0.1) is 11.5 Å². The lowest BCUT2D eigenvalue weighted by Crippen LogP contribution is -2.47. The number of hydrogen-bond donors (Lipinski definition) is 1. The molecule has 2 fully saturated rings. The first-order valence-electron chi connectivity index (χ1n) is 10.0. The first-order chi connectivity index (χ1) is 12.9. The van der Waals surface area contributed by atoms with Crippen molar-refractivity contribution in [3.8, 4) is 0 Å². The van der Waals surface area contributed by atoms with Gasteiger partial charge in [-0.05, 0) is 63.8 Å². The molecular formula is C20H31N3O3S. The van der Waals surface area contributed by atoms with Gasteiger partial charge in [0.1, 0.15) is 6.04 Å². The fraction of sp³-hybridized carbons (Fsp3) is 0.650. The maximum Gasteiger partial charge on any atom is 0.245 e. The molecule has 0 radical (unpaired) electrons. The molecule has 2 aliphatic rings. The van der Waals surface area contributed by atoms with Gasteiger partial charge in [-0.2, -0.15) is 0 Å². The van der Waals surface area contributed by atoms with Gasteiger partial charge in [-0.1, -0.05) is 0 Å². The number of piperidine rings is 1. The molecule has 1 amide bonds. The van der Waals surface area contributed by atoms with E-state index < -0.39 is 15.9 Å². The molecule has 2 heterocycles. The lowest BCUT2D eigenvalue weighted by molar-refractivity contribution is -0.133. The molecule has 1 aromatic rings. The summed E-state index contributed by atoms with van der Waals surface area (Å²) in [6.07, 6.45) is 4.34. The Morgan fingerprint density at radius 1 is 1.22 bits per heavy atom. The highest BCUT2D eigenvalue weighted by atomic mass is 32.2. The van der Waals surface area contributed by atoms with Gasteiger partial charge in [-0.15, -0.1) is 0 Å². The number of carbonyl (C=O) groups is 1. The van der Waals surface area contributed by atoms with Crippen LogP contribution in [0, 0.1) is 0 Å². The average molecular weight is 394 g/mol. The van der Waals surface area contributed by atoms with Crippen LogP contribution in [-0.4, -0.2) is 62.4 Å². The number of nitrogens with zero attached hydrogens (tertiary/aromatic N) is 2. The number of likely N-dealkylation sites (N-methyl/N-ethyl adjacent to an activating group) is 1. The highest BCUT2D eigenvalue weighted by molar-refractivity contribution is 7.91. The zero-order valence-corrected chi connectivity index (χ0v) is 17.2. The monoisotopic (exact) mass is 393 g/mol. The minimum absolute atomic E-state index is 0.0419. The highest BCUT2D eigenvalue weighted by Gasteiger charge is 2.35. The summed E-state index contributed by atoms with van der Waals surface area (Å²) in [7, 11) is -3.00. The highest BCUT2D eigenvalue weighted by Crippen LogP contribution is 2.23. The molecule has 0 aromatic heterocycles. The van der Waals surface area contributed by atoms with E-state index in [0.717, 1.165) is 18.8 Å². The standard InChI is InChI=1S/C20H31N3O3S/c1-3-23(19-11-14-27(25,26)15-19)20(24)16(2)21-17-7-9-18(10-8-17)22-12-5-4-6-13-22/h7-10,16,19,21H,3-6,11-15H2,1-2H3. The summed E-state index contributed by atoms with van der Waals surface area (Å²) in [6, 6.07) is 7.65. The number of anilines is 2. The quantitative estimate of drug-likeness (QED) is 0.804. The fourth-order valence-electron chi connectivity index (χ4n) is 4.10. The van der Waals surface area contributed by atoms with Gasteiger partial charge in [0, 0.05) is 37.1 Å². The summed E-state index contributed by atoms with van der Waals surface area (Å²) in [4.78, 5) is 17.0. The maximum atomic E-state index is 12.9. The second-order valence-corrected chi connectivity index (χ2v) is 9.87. The Balaban J connectivity index is 1.60. The molecule has 27 heavy (non-hydrogen) atoms. The topological polar surface area (TPSA) is 69.7 Å². The van der Waals surface area contributed by atoms with Gasteiger partial charge < -0.3 is 15.1 Å². The summed E-state index contributed by atoms with van der Waals surface area (Å²) in [5.41, 5.74) is 2.14. The summed E-state index contributed by atoms with van der Waals surface area (Å²) in [5, 5.41) is 3.27. The van der Waals surface area contributed by atoms with Crippen molar-refractivity contribution in [3.05, 3.63) is 24.3 Å². The number of hydrogen-bond acceptors (Lipinski definition) is 5. The van der Waals surface area contributed by atoms with Crippen molar-refractivity contribution >= 4 is 27.1 Å². The SMILES string of the molecule is CCN(C(=O)C(C)Nc1ccc(N2CCCCC2)cc1)C1CCS(=O)(=O)C1. The largest absolute Gasteiger partial charge is 0.374 e. The van der Waals surface area contributed by atoms with Crippen LogP contribution in [0.5, 0.6) is 0 Å². The third kappa shape index (κ3) is 4.94. The van der Waals surface area contributed by atoms with Crippen LogP contribution < -0.4 is 10.2 Å². The summed E-state index contributed by atoms with van der Waals surface area (Å²) >= 11 is 0. The Morgan fingerprint density at radius 3 is 2.44 bits per heavy atom. The van der Waals surface area contributed by atoms with Gasteiger partial charge in [-0.3, -0.25) is 4.79 Å². The van der Waals surface area contributed by atoms with Gasteiger partial charge in [0.2, 0.25) is 5.91 Å². The second kappa shape index (κ2) is 8.50. The molecular weight excluding hydrogens is 362 g/mol. The number of carbonyl (C=O) groups excluding carboxylic acids is 1. The predicted octanol–water partition coefficient (Wildman–Crippen LogP) is 2.51. The average Bonchev–Trinajstić information content (AvgIpc) is 3.03. The first-order valence-corrected chi connectivity index (χ1v) is 11.8. The molecule has 7 heteroatoms. The zero-order chi connectivity index (χ0) is 19.4. The van der Waals surface area contributed by atoms with Crippen LogP contribution in [0.25, 0.3) is 0 Å². The third-order valence-electron chi connectivity index (χ3n) is 5.62. The van der Waals surface area contributed by atoms with E-state index in [2.05, 4.69) is 22.3 Å². The van der Waals surface area contributed by atoms with Crippen molar-refractivity contribution in [3.63, 3.8) is 0 Å². The smallest absolute Gasteiger partial charge is 0.245 e. The van der Waals surface area contributed by atoms with Crippen LogP contribution in [0.15, 0.2) is 24.3 Å². The van der Waals surface area contributed by atoms with E-state index in [1.54, 1.807) is 4.90 Å². The van der Waals surface area contributed by atoms with Gasteiger partial charge in [0.25, 0.3) is 0 Å². The van der Waals surface area contributed by atoms with Crippen molar-refractivity contribution in [2.24, 2.45) is 0 Å². The lowest BCUT2D eigenvalue weighted by Gasteiger charge is -2.30. The lowest BCUT2D eigenvalue weighted by atomic mass is 10.1. The molecule has 0 saturated carbocycles. The van der Waals surface area contributed by atoms with E-state index in [9.17, 15) is 13.2 Å². The molecule has 2 aliphatic heterocycles. The van der Waals surface area contributed by atoms with E-state index in [1.807, 2.05) is 26.0 Å². The molecule has 6 nitrogen and oxygen atoms in total. The maximum absolute atomic E-state index is 12.9. The van der Waals surface area contributed by atoms with E-state index in [0.29, 0.717) is 13.0 Å². The Bertz CT molecular complexity index is 742. The Kier molecular flexibility index (Phi) is 6.29. The van der Waals surface area contributed by atoms with Crippen molar-refractivity contribution in [1.82, 2.24) is 4.90 Å². The molecule has 0 aliphatic carbocycles. The Hall–Kier alpha value is -1.76. The van der Waals surface area contributed by atoms with E-state index >= 15 is 0 Å². The minimum Gasteiger partial charge on any atom is -0.374 e. The zero-order valence-electron chi connectivity index (χ0n) is 16.4. The van der Waals surface area contributed by atoms with Crippen LogP contribution >= 0.6 is 0 Å². The number of amides is 1. The van der Waals surface area contributed by atoms with Crippen LogP contribution in [-0.2, 0) is 14.6 Å². The van der Waals surface area contributed by atoms with Crippen molar-refractivity contribution < 1.29 is 13.2 Å². The van der Waals surface area contributed by atoms with Crippen molar-refractivity contribution in [1.29, 1.82) is 0 Å². The molecule has 150 valence electrons. The van der Waals surface area contributed by atoms with Crippen molar-refractivity contribution in [2.75, 3.05) is 41.4 Å². The minimum atomic E-state index is -3.00. The normalized spacial score (nSPS) is 23.0. The molecule has 1 N–H and O–H groups in total. The van der Waals surface area contributed by atoms with E-state index in [-0.39, 0.29) is 23.5 Å². The van der Waals surface area contributed by atoms with Gasteiger partial charge in [-0.25, -0.2) is 8.42 Å². The number of rotatable bonds is 6. The summed E-state index contributed by atoms with van der Waals surface area (Å²) in [5.74, 6) is 0.227. The van der Waals surface area contributed by atoms with Gasteiger partial charge in [0.15, 0.2) is 9.84 Å². The Labute approximate surface area is 162 Å². The summed E-state index contributed by atoms with van der Waals surface area (Å²) in [6.45, 7) is 6.49. The van der Waals surface area contributed by atoms with Crippen LogP contribution in [0.1, 0.15) is 39.5 Å². The number of sulfone groups is 1. The van der Waals surface area contributed by atoms with Crippen LogP contribution in [0.2, 0.25) is 0 Å².